The van der Waals surface area contributed by atoms with Crippen LogP contribution in [0.4, 0.5) is 0 Å². The number of hydrogen-bond donors (Lipinski definition) is 2. The maximum absolute atomic E-state index is 12.5. The van der Waals surface area contributed by atoms with E-state index < -0.39 is 0 Å². The van der Waals surface area contributed by atoms with Gasteiger partial charge in [-0.2, -0.15) is 0 Å². The van der Waals surface area contributed by atoms with Crippen molar-refractivity contribution in [2.24, 2.45) is 0 Å². The molecule has 0 spiro atoms. The molecule has 5 nitrogen and oxygen atoms in total. The topological polar surface area (TPSA) is 64.8 Å². The summed E-state index contributed by atoms with van der Waals surface area (Å²) >= 11 is 5.95. The highest BCUT2D eigenvalue weighted by Crippen LogP contribution is 2.22. The molecule has 0 aliphatic carbocycles. The van der Waals surface area contributed by atoms with Gasteiger partial charge in [-0.25, -0.2) is 4.98 Å². The number of benzene rings is 1. The minimum Gasteiger partial charge on any atom is -0.361 e. The molecule has 6 heteroatoms. The lowest BCUT2D eigenvalue weighted by molar-refractivity contribution is 0.237. The van der Waals surface area contributed by atoms with Crippen LogP contribution in [-0.4, -0.2) is 26.4 Å². The van der Waals surface area contributed by atoms with Crippen LogP contribution >= 0.6 is 11.6 Å². The number of aromatic amines is 2. The maximum Gasteiger partial charge on any atom is 0.254 e. The largest absolute Gasteiger partial charge is 0.361 e. The van der Waals surface area contributed by atoms with Crippen molar-refractivity contribution in [3.05, 3.63) is 73.9 Å². The zero-order valence-corrected chi connectivity index (χ0v) is 15.7. The predicted molar refractivity (Wildman–Crippen MR) is 103 cm³/mol. The lowest BCUT2D eigenvalue weighted by Gasteiger charge is -2.27. The van der Waals surface area contributed by atoms with Crippen LogP contribution in [0, 0.1) is 13.8 Å². The summed E-state index contributed by atoms with van der Waals surface area (Å²) in [5.41, 5.74) is 6.18. The van der Waals surface area contributed by atoms with Gasteiger partial charge in [0.1, 0.15) is 5.82 Å². The average Bonchev–Trinajstić information content (AvgIpc) is 2.92. The Bertz CT molecular complexity index is 1000. The van der Waals surface area contributed by atoms with Crippen LogP contribution in [0.1, 0.15) is 28.2 Å². The summed E-state index contributed by atoms with van der Waals surface area (Å²) in [6.45, 7) is 6.57. The molecule has 3 heterocycles. The first-order chi connectivity index (χ1) is 12.5. The van der Waals surface area contributed by atoms with E-state index in [-0.39, 0.29) is 5.56 Å². The smallest absolute Gasteiger partial charge is 0.254 e. The van der Waals surface area contributed by atoms with E-state index in [1.54, 1.807) is 12.1 Å². The molecule has 1 aliphatic rings. The Kier molecular flexibility index (Phi) is 4.42. The summed E-state index contributed by atoms with van der Waals surface area (Å²) in [6, 6.07) is 9.52. The Morgan fingerprint density at radius 1 is 1.19 bits per heavy atom. The summed E-state index contributed by atoms with van der Waals surface area (Å²) in [5, 5.41) is 0.664. The van der Waals surface area contributed by atoms with Crippen LogP contribution in [0.5, 0.6) is 0 Å². The second-order valence-corrected chi connectivity index (χ2v) is 7.36. The molecular weight excluding hydrogens is 348 g/mol. The van der Waals surface area contributed by atoms with Gasteiger partial charge in [-0.1, -0.05) is 11.6 Å². The molecule has 0 bridgehead atoms. The number of fused-ring (bicyclic) bond motifs is 1. The fourth-order valence-electron chi connectivity index (χ4n) is 3.55. The van der Waals surface area contributed by atoms with Crippen molar-refractivity contribution in [3.63, 3.8) is 0 Å². The number of aryl methyl sites for hydroxylation is 2. The molecule has 0 unspecified atom stereocenters. The van der Waals surface area contributed by atoms with Gasteiger partial charge in [-0.05, 0) is 56.2 Å². The predicted octanol–water partition coefficient (Wildman–Crippen LogP) is 3.59. The van der Waals surface area contributed by atoms with Crippen molar-refractivity contribution in [2.75, 3.05) is 6.54 Å². The van der Waals surface area contributed by atoms with Gasteiger partial charge in [0.15, 0.2) is 0 Å². The van der Waals surface area contributed by atoms with Crippen LogP contribution in [0.25, 0.3) is 11.4 Å². The number of nitrogens with one attached hydrogen (secondary N) is 2. The summed E-state index contributed by atoms with van der Waals surface area (Å²) in [7, 11) is 0. The average molecular weight is 369 g/mol. The zero-order valence-electron chi connectivity index (χ0n) is 14.9. The fraction of sp³-hybridized carbons (Fsp3) is 0.300. The number of H-pyrrole nitrogens is 2. The molecule has 0 amide bonds. The molecule has 2 N–H and O–H groups in total. The second kappa shape index (κ2) is 6.74. The van der Waals surface area contributed by atoms with E-state index in [4.69, 9.17) is 16.6 Å². The van der Waals surface area contributed by atoms with Crippen LogP contribution in [-0.2, 0) is 19.5 Å². The molecule has 1 aromatic carbocycles. The highest BCUT2D eigenvalue weighted by atomic mass is 35.5. The molecule has 0 atom stereocenters. The number of nitrogens with zero attached hydrogens (tertiary/aromatic N) is 2. The standard InChI is InChI=1S/C20H21ClN4O/c1-12-9-13(2)22-17(12)10-25-8-7-16-18(11-25)23-19(24-20(16)26)14-3-5-15(21)6-4-14/h3-6,9,22H,7-8,10-11H2,1-2H3,(H,23,24,26). The van der Waals surface area contributed by atoms with Crippen molar-refractivity contribution in [1.82, 2.24) is 19.9 Å². The lowest BCUT2D eigenvalue weighted by atomic mass is 10.1. The molecule has 0 radical (unpaired) electrons. The van der Waals surface area contributed by atoms with E-state index in [1.807, 2.05) is 12.1 Å². The molecule has 26 heavy (non-hydrogen) atoms. The van der Waals surface area contributed by atoms with E-state index in [0.29, 0.717) is 17.4 Å². The van der Waals surface area contributed by atoms with Crippen LogP contribution in [0.2, 0.25) is 5.02 Å². The molecule has 3 aromatic rings. The minimum absolute atomic E-state index is 0.0356. The Morgan fingerprint density at radius 2 is 1.96 bits per heavy atom. The third-order valence-corrected chi connectivity index (χ3v) is 5.16. The zero-order chi connectivity index (χ0) is 18.3. The number of aromatic nitrogens is 3. The monoisotopic (exact) mass is 368 g/mol. The van der Waals surface area contributed by atoms with Gasteiger partial charge < -0.3 is 9.97 Å². The molecule has 0 fully saturated rings. The number of hydrogen-bond acceptors (Lipinski definition) is 3. The van der Waals surface area contributed by atoms with Gasteiger partial charge >= 0.3 is 0 Å². The summed E-state index contributed by atoms with van der Waals surface area (Å²) < 4.78 is 0. The number of rotatable bonds is 3. The highest BCUT2D eigenvalue weighted by Gasteiger charge is 2.22. The summed E-state index contributed by atoms with van der Waals surface area (Å²) in [4.78, 5) is 25.9. The van der Waals surface area contributed by atoms with Crippen molar-refractivity contribution in [3.8, 4) is 11.4 Å². The molecule has 2 aromatic heterocycles. The molecule has 1 aliphatic heterocycles. The number of halogens is 1. The molecule has 0 saturated carbocycles. The quantitative estimate of drug-likeness (QED) is 0.742. The third kappa shape index (κ3) is 3.32. The third-order valence-electron chi connectivity index (χ3n) is 4.91. The lowest BCUT2D eigenvalue weighted by Crippen LogP contribution is -2.35. The normalized spacial score (nSPS) is 14.4. The Hall–Kier alpha value is -2.37. The first-order valence-corrected chi connectivity index (χ1v) is 9.13. The molecule has 0 saturated heterocycles. The Balaban J connectivity index is 1.62. The van der Waals surface area contributed by atoms with E-state index in [1.165, 1.54) is 17.0 Å². The summed E-state index contributed by atoms with van der Waals surface area (Å²) in [6.07, 6.45) is 0.720. The van der Waals surface area contributed by atoms with Gasteiger partial charge in [0, 0.05) is 47.2 Å². The maximum atomic E-state index is 12.5. The summed E-state index contributed by atoms with van der Waals surface area (Å²) in [5.74, 6) is 0.596. The van der Waals surface area contributed by atoms with Gasteiger partial charge in [0.2, 0.25) is 0 Å². The minimum atomic E-state index is -0.0356. The van der Waals surface area contributed by atoms with Gasteiger partial charge in [-0.3, -0.25) is 9.69 Å². The van der Waals surface area contributed by atoms with Crippen molar-refractivity contribution >= 4 is 11.6 Å². The SMILES string of the molecule is Cc1cc(C)c(CN2CCc3c(nc(-c4ccc(Cl)cc4)[nH]c3=O)C2)[nH]1. The van der Waals surface area contributed by atoms with E-state index in [0.717, 1.165) is 36.3 Å². The van der Waals surface area contributed by atoms with Crippen molar-refractivity contribution < 1.29 is 0 Å². The van der Waals surface area contributed by atoms with Crippen LogP contribution in [0.15, 0.2) is 35.1 Å². The van der Waals surface area contributed by atoms with E-state index >= 15 is 0 Å². The Morgan fingerprint density at radius 3 is 2.65 bits per heavy atom. The van der Waals surface area contributed by atoms with Gasteiger partial charge in [0.05, 0.1) is 5.69 Å². The van der Waals surface area contributed by atoms with E-state index in [9.17, 15) is 4.79 Å². The molecule has 4 rings (SSSR count). The first kappa shape index (κ1) is 17.1. The molecular formula is C20H21ClN4O. The van der Waals surface area contributed by atoms with Crippen LogP contribution in [0.3, 0.4) is 0 Å². The van der Waals surface area contributed by atoms with Crippen molar-refractivity contribution in [1.29, 1.82) is 0 Å². The molecule has 134 valence electrons. The van der Waals surface area contributed by atoms with Gasteiger partial charge in [-0.15, -0.1) is 0 Å². The highest BCUT2D eigenvalue weighted by molar-refractivity contribution is 6.30. The first-order valence-electron chi connectivity index (χ1n) is 8.75. The van der Waals surface area contributed by atoms with Crippen LogP contribution < -0.4 is 5.56 Å². The van der Waals surface area contributed by atoms with E-state index in [2.05, 4.69) is 34.8 Å². The van der Waals surface area contributed by atoms with Crippen molar-refractivity contribution in [2.45, 2.75) is 33.4 Å². The Labute approximate surface area is 157 Å². The van der Waals surface area contributed by atoms with Gasteiger partial charge in [0.25, 0.3) is 5.56 Å². The fourth-order valence-corrected chi connectivity index (χ4v) is 3.67. The second-order valence-electron chi connectivity index (χ2n) is 6.92.